The first kappa shape index (κ1) is 8.06. The predicted molar refractivity (Wildman–Crippen MR) is 44.7 cm³/mol. The third-order valence-electron chi connectivity index (χ3n) is 3.16. The molecule has 1 rings (SSSR count). The van der Waals surface area contributed by atoms with Crippen LogP contribution in [0.2, 0.25) is 0 Å². The molecule has 0 spiro atoms. The van der Waals surface area contributed by atoms with Gasteiger partial charge in [-0.15, -0.1) is 0 Å². The number of rotatable bonds is 3. The van der Waals surface area contributed by atoms with Crippen LogP contribution < -0.4 is 5.73 Å². The molecule has 0 heterocycles. The minimum absolute atomic E-state index is 0.727. The molecule has 1 fully saturated rings. The SMILES string of the molecule is CC(CN)C(C)C1CCC1. The highest BCUT2D eigenvalue weighted by Gasteiger charge is 2.26. The lowest BCUT2D eigenvalue weighted by Crippen LogP contribution is -2.28. The first-order chi connectivity index (χ1) is 4.75. The van der Waals surface area contributed by atoms with Gasteiger partial charge in [-0.25, -0.2) is 0 Å². The van der Waals surface area contributed by atoms with Gasteiger partial charge >= 0.3 is 0 Å². The summed E-state index contributed by atoms with van der Waals surface area (Å²) in [6.45, 7) is 5.47. The van der Waals surface area contributed by atoms with Gasteiger partial charge in [0.25, 0.3) is 0 Å². The van der Waals surface area contributed by atoms with E-state index in [9.17, 15) is 0 Å². The molecule has 0 radical (unpaired) electrons. The number of nitrogens with two attached hydrogens (primary N) is 1. The van der Waals surface area contributed by atoms with Crippen LogP contribution in [0, 0.1) is 17.8 Å². The topological polar surface area (TPSA) is 26.0 Å². The van der Waals surface area contributed by atoms with Crippen LogP contribution in [0.25, 0.3) is 0 Å². The van der Waals surface area contributed by atoms with Crippen molar-refractivity contribution >= 4 is 0 Å². The average Bonchev–Trinajstić information content (AvgIpc) is 1.82. The van der Waals surface area contributed by atoms with Gasteiger partial charge in [0, 0.05) is 0 Å². The summed E-state index contributed by atoms with van der Waals surface area (Å²) in [7, 11) is 0. The Labute approximate surface area is 64.0 Å². The van der Waals surface area contributed by atoms with E-state index in [2.05, 4.69) is 13.8 Å². The van der Waals surface area contributed by atoms with Crippen LogP contribution in [0.1, 0.15) is 33.1 Å². The van der Waals surface area contributed by atoms with Crippen molar-refractivity contribution in [3.05, 3.63) is 0 Å². The van der Waals surface area contributed by atoms with Gasteiger partial charge < -0.3 is 5.73 Å². The summed E-state index contributed by atoms with van der Waals surface area (Å²) < 4.78 is 0. The molecule has 0 bridgehead atoms. The summed E-state index contributed by atoms with van der Waals surface area (Å²) in [5.41, 5.74) is 5.59. The van der Waals surface area contributed by atoms with Crippen molar-refractivity contribution in [1.29, 1.82) is 0 Å². The van der Waals surface area contributed by atoms with Crippen molar-refractivity contribution in [3.8, 4) is 0 Å². The highest BCUT2D eigenvalue weighted by atomic mass is 14.6. The van der Waals surface area contributed by atoms with E-state index in [1.165, 1.54) is 19.3 Å². The monoisotopic (exact) mass is 141 g/mol. The predicted octanol–water partition coefficient (Wildman–Crippen LogP) is 2.02. The molecule has 1 saturated carbocycles. The van der Waals surface area contributed by atoms with Crippen LogP contribution >= 0.6 is 0 Å². The van der Waals surface area contributed by atoms with Crippen molar-refractivity contribution in [3.63, 3.8) is 0 Å². The molecule has 1 aliphatic rings. The Kier molecular flexibility index (Phi) is 2.72. The fraction of sp³-hybridized carbons (Fsp3) is 1.00. The summed E-state index contributed by atoms with van der Waals surface area (Å²) in [6.07, 6.45) is 4.35. The van der Waals surface area contributed by atoms with Gasteiger partial charge in [0.2, 0.25) is 0 Å². The van der Waals surface area contributed by atoms with Crippen LogP contribution in [0.15, 0.2) is 0 Å². The Balaban J connectivity index is 2.24. The third-order valence-corrected chi connectivity index (χ3v) is 3.16. The molecule has 0 aliphatic heterocycles. The van der Waals surface area contributed by atoms with Crippen LogP contribution in [-0.2, 0) is 0 Å². The maximum Gasteiger partial charge on any atom is -0.00489 e. The molecule has 1 heteroatoms. The lowest BCUT2D eigenvalue weighted by molar-refractivity contribution is 0.171. The zero-order valence-electron chi connectivity index (χ0n) is 7.14. The molecule has 0 amide bonds. The number of hydrogen-bond acceptors (Lipinski definition) is 1. The molecule has 2 unspecified atom stereocenters. The second-order valence-electron chi connectivity index (χ2n) is 3.76. The quantitative estimate of drug-likeness (QED) is 0.639. The Morgan fingerprint density at radius 1 is 1.40 bits per heavy atom. The van der Waals surface area contributed by atoms with Gasteiger partial charge in [-0.2, -0.15) is 0 Å². The summed E-state index contributed by atoms with van der Waals surface area (Å²) in [5.74, 6) is 2.59. The maximum absolute atomic E-state index is 5.59. The van der Waals surface area contributed by atoms with E-state index in [4.69, 9.17) is 5.73 Å². The lowest BCUT2D eigenvalue weighted by Gasteiger charge is -2.34. The lowest BCUT2D eigenvalue weighted by atomic mass is 9.72. The molecule has 10 heavy (non-hydrogen) atoms. The fourth-order valence-corrected chi connectivity index (χ4v) is 1.64. The normalized spacial score (nSPS) is 25.5. The summed E-state index contributed by atoms with van der Waals surface area (Å²) >= 11 is 0. The summed E-state index contributed by atoms with van der Waals surface area (Å²) in [6, 6.07) is 0. The zero-order chi connectivity index (χ0) is 7.56. The Bertz CT molecular complexity index is 92.1. The van der Waals surface area contributed by atoms with Crippen LogP contribution in [0.3, 0.4) is 0 Å². The molecule has 0 aromatic carbocycles. The molecule has 0 aromatic heterocycles. The van der Waals surface area contributed by atoms with E-state index in [-0.39, 0.29) is 0 Å². The molecule has 1 nitrogen and oxygen atoms in total. The molecular formula is C9H19N. The van der Waals surface area contributed by atoms with Gasteiger partial charge in [0.15, 0.2) is 0 Å². The van der Waals surface area contributed by atoms with Crippen LogP contribution in [0.4, 0.5) is 0 Å². The molecular weight excluding hydrogens is 122 g/mol. The fourth-order valence-electron chi connectivity index (χ4n) is 1.64. The molecule has 0 aromatic rings. The van der Waals surface area contributed by atoms with Gasteiger partial charge in [0.1, 0.15) is 0 Å². The van der Waals surface area contributed by atoms with Crippen LogP contribution in [0.5, 0.6) is 0 Å². The first-order valence-corrected chi connectivity index (χ1v) is 4.45. The second-order valence-corrected chi connectivity index (χ2v) is 3.76. The van der Waals surface area contributed by atoms with Crippen molar-refractivity contribution in [2.75, 3.05) is 6.54 Å². The van der Waals surface area contributed by atoms with Crippen LogP contribution in [-0.4, -0.2) is 6.54 Å². The number of hydrogen-bond donors (Lipinski definition) is 1. The Hall–Kier alpha value is -0.0400. The molecule has 2 atom stereocenters. The first-order valence-electron chi connectivity index (χ1n) is 4.45. The van der Waals surface area contributed by atoms with E-state index < -0.39 is 0 Å². The van der Waals surface area contributed by atoms with Gasteiger partial charge in [-0.3, -0.25) is 0 Å². The van der Waals surface area contributed by atoms with Gasteiger partial charge in [-0.1, -0.05) is 33.1 Å². The van der Waals surface area contributed by atoms with E-state index in [1.807, 2.05) is 0 Å². The molecule has 1 aliphatic carbocycles. The molecule has 60 valence electrons. The zero-order valence-corrected chi connectivity index (χ0v) is 7.14. The smallest absolute Gasteiger partial charge is 0.00489 e. The summed E-state index contributed by atoms with van der Waals surface area (Å²) in [4.78, 5) is 0. The second kappa shape index (κ2) is 3.38. The van der Waals surface area contributed by atoms with E-state index >= 15 is 0 Å². The van der Waals surface area contributed by atoms with E-state index in [0.29, 0.717) is 0 Å². The Morgan fingerprint density at radius 2 is 2.00 bits per heavy atom. The van der Waals surface area contributed by atoms with Crippen molar-refractivity contribution < 1.29 is 0 Å². The minimum atomic E-state index is 0.727. The van der Waals surface area contributed by atoms with Crippen molar-refractivity contribution in [1.82, 2.24) is 0 Å². The highest BCUT2D eigenvalue weighted by molar-refractivity contribution is 4.78. The highest BCUT2D eigenvalue weighted by Crippen LogP contribution is 2.36. The largest absolute Gasteiger partial charge is 0.330 e. The average molecular weight is 141 g/mol. The maximum atomic E-state index is 5.59. The molecule has 2 N–H and O–H groups in total. The standard InChI is InChI=1S/C9H19N/c1-7(6-10)8(2)9-4-3-5-9/h7-9H,3-6,10H2,1-2H3. The summed E-state index contributed by atoms with van der Waals surface area (Å²) in [5, 5.41) is 0. The van der Waals surface area contributed by atoms with Crippen molar-refractivity contribution in [2.24, 2.45) is 23.5 Å². The Morgan fingerprint density at radius 3 is 2.30 bits per heavy atom. The van der Waals surface area contributed by atoms with Gasteiger partial charge in [-0.05, 0) is 24.3 Å². The van der Waals surface area contributed by atoms with Gasteiger partial charge in [0.05, 0.1) is 0 Å². The van der Waals surface area contributed by atoms with E-state index in [1.54, 1.807) is 0 Å². The van der Waals surface area contributed by atoms with E-state index in [0.717, 1.165) is 24.3 Å². The minimum Gasteiger partial charge on any atom is -0.330 e. The van der Waals surface area contributed by atoms with Crippen molar-refractivity contribution in [2.45, 2.75) is 33.1 Å². The molecule has 0 saturated heterocycles. The third kappa shape index (κ3) is 1.51.